The van der Waals surface area contributed by atoms with Crippen LogP contribution in [0.2, 0.25) is 5.02 Å². The van der Waals surface area contributed by atoms with E-state index >= 15 is 0 Å². The monoisotopic (exact) mass is 479 g/mol. The van der Waals surface area contributed by atoms with Gasteiger partial charge in [-0.3, -0.25) is 16.0 Å². The molecule has 0 bridgehead atoms. The van der Waals surface area contributed by atoms with Crippen LogP contribution < -0.4 is 26.3 Å². The molecular formula is C23H31ClFN5O3. The molecule has 8 nitrogen and oxygen atoms in total. The summed E-state index contributed by atoms with van der Waals surface area (Å²) in [6.45, 7) is 5.15. The predicted octanol–water partition coefficient (Wildman–Crippen LogP) is 2.33. The van der Waals surface area contributed by atoms with Crippen LogP contribution in [0.1, 0.15) is 17.5 Å². The van der Waals surface area contributed by atoms with Gasteiger partial charge in [-0.2, -0.15) is 0 Å². The number of methoxy groups -OCH3 is 1. The summed E-state index contributed by atoms with van der Waals surface area (Å²) in [6.07, 6.45) is 0.0592. The molecule has 1 heterocycles. The summed E-state index contributed by atoms with van der Waals surface area (Å²) in [5, 5.41) is 3.22. The van der Waals surface area contributed by atoms with E-state index in [1.165, 1.54) is 6.07 Å². The van der Waals surface area contributed by atoms with Crippen molar-refractivity contribution in [3.8, 4) is 11.5 Å². The van der Waals surface area contributed by atoms with Gasteiger partial charge in [0.2, 0.25) is 0 Å². The number of hydrogen-bond donors (Lipinski definition) is 3. The van der Waals surface area contributed by atoms with Crippen molar-refractivity contribution in [2.75, 3.05) is 46.6 Å². The first-order chi connectivity index (χ1) is 16.0. The number of hydrogen-bond acceptors (Lipinski definition) is 7. The van der Waals surface area contributed by atoms with E-state index in [1.54, 1.807) is 37.4 Å². The quantitative estimate of drug-likeness (QED) is 0.196. The maximum Gasteiger partial charge on any atom is 0.161 e. The van der Waals surface area contributed by atoms with Crippen molar-refractivity contribution in [3.05, 3.63) is 58.4 Å². The zero-order valence-electron chi connectivity index (χ0n) is 18.7. The molecular weight excluding hydrogens is 449 g/mol. The molecule has 1 aliphatic heterocycles. The Morgan fingerprint density at radius 1 is 1.27 bits per heavy atom. The first kappa shape index (κ1) is 25.2. The lowest BCUT2D eigenvalue weighted by molar-refractivity contribution is 0.0357. The van der Waals surface area contributed by atoms with Crippen molar-refractivity contribution in [2.45, 2.75) is 19.3 Å². The molecule has 2 aromatic carbocycles. The van der Waals surface area contributed by atoms with E-state index in [9.17, 15) is 4.39 Å². The van der Waals surface area contributed by atoms with Gasteiger partial charge in [-0.15, -0.1) is 0 Å². The van der Waals surface area contributed by atoms with Crippen molar-refractivity contribution >= 4 is 17.4 Å². The van der Waals surface area contributed by atoms with Gasteiger partial charge in [-0.25, -0.2) is 9.38 Å². The Kier molecular flexibility index (Phi) is 9.71. The maximum atomic E-state index is 13.9. The first-order valence-corrected chi connectivity index (χ1v) is 11.2. The molecule has 0 saturated carbocycles. The van der Waals surface area contributed by atoms with E-state index < -0.39 is 12.1 Å². The summed E-state index contributed by atoms with van der Waals surface area (Å²) in [6, 6.07) is 9.83. The molecule has 0 radical (unpaired) electrons. The lowest BCUT2D eigenvalue weighted by Crippen LogP contribution is -2.37. The van der Waals surface area contributed by atoms with E-state index in [4.69, 9.17) is 37.3 Å². The lowest BCUT2D eigenvalue weighted by Gasteiger charge is -2.26. The number of ether oxygens (including phenoxy) is 3. The number of rotatable bonds is 11. The Labute approximate surface area is 198 Å². The minimum atomic E-state index is -0.845. The molecule has 1 aliphatic rings. The Morgan fingerprint density at radius 2 is 2.06 bits per heavy atom. The number of amidine groups is 1. The lowest BCUT2D eigenvalue weighted by atomic mass is 10.2. The minimum Gasteiger partial charge on any atom is -0.493 e. The third-order valence-corrected chi connectivity index (χ3v) is 5.62. The predicted molar refractivity (Wildman–Crippen MR) is 127 cm³/mol. The number of benzene rings is 2. The molecule has 1 atom stereocenters. The molecule has 1 saturated heterocycles. The van der Waals surface area contributed by atoms with Crippen LogP contribution in [0.15, 0.2) is 41.4 Å². The summed E-state index contributed by atoms with van der Waals surface area (Å²) < 4.78 is 30.6. The smallest absolute Gasteiger partial charge is 0.161 e. The summed E-state index contributed by atoms with van der Waals surface area (Å²) >= 11 is 6.03. The van der Waals surface area contributed by atoms with Crippen molar-refractivity contribution in [1.29, 1.82) is 0 Å². The Balaban J connectivity index is 1.53. The van der Waals surface area contributed by atoms with Gasteiger partial charge < -0.3 is 19.9 Å². The van der Waals surface area contributed by atoms with Crippen molar-refractivity contribution in [2.24, 2.45) is 16.5 Å². The fourth-order valence-electron chi connectivity index (χ4n) is 3.42. The highest BCUT2D eigenvalue weighted by atomic mass is 35.5. The van der Waals surface area contributed by atoms with Crippen LogP contribution in [-0.4, -0.2) is 63.6 Å². The van der Waals surface area contributed by atoms with Crippen molar-refractivity contribution in [3.63, 3.8) is 0 Å². The van der Waals surface area contributed by atoms with Crippen LogP contribution in [-0.2, 0) is 11.3 Å². The molecule has 33 heavy (non-hydrogen) atoms. The normalized spacial score (nSPS) is 15.9. The zero-order chi connectivity index (χ0) is 23.6. The highest BCUT2D eigenvalue weighted by Crippen LogP contribution is 2.28. The van der Waals surface area contributed by atoms with Crippen LogP contribution >= 0.6 is 11.6 Å². The molecule has 5 N–H and O–H groups in total. The number of nitrogens with one attached hydrogen (secondary N) is 1. The third kappa shape index (κ3) is 7.55. The van der Waals surface area contributed by atoms with E-state index in [2.05, 4.69) is 15.2 Å². The molecule has 0 aromatic heterocycles. The Hall–Kier alpha value is -2.43. The number of halogens is 2. The third-order valence-electron chi connectivity index (χ3n) is 5.27. The van der Waals surface area contributed by atoms with Crippen molar-refractivity contribution < 1.29 is 18.6 Å². The van der Waals surface area contributed by atoms with Crippen LogP contribution in [0.4, 0.5) is 4.39 Å². The summed E-state index contributed by atoms with van der Waals surface area (Å²) in [5.74, 6) is 0.987. The largest absolute Gasteiger partial charge is 0.493 e. The van der Waals surface area contributed by atoms with Gasteiger partial charge in [0, 0.05) is 42.3 Å². The summed E-state index contributed by atoms with van der Waals surface area (Å²) in [4.78, 5) is 6.60. The van der Waals surface area contributed by atoms with Crippen LogP contribution in [0.5, 0.6) is 11.5 Å². The standard InChI is InChI=1S/C23H31ClFN5O3/c1-31-21-14-16(6-7-20(21)33-11-3-8-30-9-12-32-13-10-30)22(26)29-23(27)28-15-17-18(24)4-2-5-19(17)25/h2,4-7,14,23,28H,3,8-13,15,27H2,1H3,(H2,26,29). The average molecular weight is 480 g/mol. The number of nitrogens with two attached hydrogens (primary N) is 2. The van der Waals surface area contributed by atoms with E-state index in [-0.39, 0.29) is 12.4 Å². The second-order valence-electron chi connectivity index (χ2n) is 7.56. The topological polar surface area (TPSA) is 107 Å². The van der Waals surface area contributed by atoms with Crippen LogP contribution in [0.3, 0.4) is 0 Å². The van der Waals surface area contributed by atoms with Crippen LogP contribution in [0.25, 0.3) is 0 Å². The second kappa shape index (κ2) is 12.7. The molecule has 1 fully saturated rings. The van der Waals surface area contributed by atoms with Gasteiger partial charge in [0.25, 0.3) is 0 Å². The van der Waals surface area contributed by atoms with Gasteiger partial charge in [0.1, 0.15) is 11.7 Å². The van der Waals surface area contributed by atoms with Crippen LogP contribution in [0, 0.1) is 5.82 Å². The molecule has 0 amide bonds. The summed E-state index contributed by atoms with van der Waals surface area (Å²) in [5.41, 5.74) is 13.1. The molecule has 10 heteroatoms. The number of nitrogens with zero attached hydrogens (tertiary/aromatic N) is 2. The van der Waals surface area contributed by atoms with Crippen molar-refractivity contribution in [1.82, 2.24) is 10.2 Å². The highest BCUT2D eigenvalue weighted by Gasteiger charge is 2.12. The maximum absolute atomic E-state index is 13.9. The molecule has 180 valence electrons. The van der Waals surface area contributed by atoms with E-state index in [0.29, 0.717) is 34.3 Å². The van der Waals surface area contributed by atoms with Gasteiger partial charge in [-0.1, -0.05) is 17.7 Å². The fourth-order valence-corrected chi connectivity index (χ4v) is 3.65. The van der Waals surface area contributed by atoms with Gasteiger partial charge in [0.05, 0.1) is 26.9 Å². The molecule has 1 unspecified atom stereocenters. The van der Waals surface area contributed by atoms with Gasteiger partial charge >= 0.3 is 0 Å². The molecule has 0 aliphatic carbocycles. The molecule has 2 aromatic rings. The number of morpholine rings is 1. The summed E-state index contributed by atoms with van der Waals surface area (Å²) in [7, 11) is 1.57. The fraction of sp³-hybridized carbons (Fsp3) is 0.435. The molecule has 0 spiro atoms. The first-order valence-electron chi connectivity index (χ1n) is 10.8. The number of aliphatic imine (C=N–C) groups is 1. The SMILES string of the molecule is COc1cc(C(N)=NC(N)NCc2c(F)cccc2Cl)ccc1OCCCN1CCOCC1. The molecule has 3 rings (SSSR count). The van der Waals surface area contributed by atoms with E-state index in [1.807, 2.05) is 0 Å². The Bertz CT molecular complexity index is 920. The van der Waals surface area contributed by atoms with E-state index in [0.717, 1.165) is 39.3 Å². The Morgan fingerprint density at radius 3 is 2.79 bits per heavy atom. The highest BCUT2D eigenvalue weighted by molar-refractivity contribution is 6.31. The second-order valence-corrected chi connectivity index (χ2v) is 7.97. The van der Waals surface area contributed by atoms with Gasteiger partial charge in [0.15, 0.2) is 17.8 Å². The average Bonchev–Trinajstić information content (AvgIpc) is 2.82. The zero-order valence-corrected chi connectivity index (χ0v) is 19.5. The minimum absolute atomic E-state index is 0.115. The van der Waals surface area contributed by atoms with Gasteiger partial charge in [-0.05, 0) is 36.8 Å².